The molecule has 3 aromatic heterocycles. The van der Waals surface area contributed by atoms with E-state index in [2.05, 4.69) is 25.3 Å². The molecule has 3 aromatic rings. The molecule has 0 atom stereocenters. The van der Waals surface area contributed by atoms with Crippen molar-refractivity contribution in [3.63, 3.8) is 0 Å². The Morgan fingerprint density at radius 1 is 1.11 bits per heavy atom. The maximum atomic E-state index is 13.0. The summed E-state index contributed by atoms with van der Waals surface area (Å²) in [6.45, 7) is 7.40. The molecule has 1 N–H and O–H groups in total. The van der Waals surface area contributed by atoms with Gasteiger partial charge in [0.25, 0.3) is 0 Å². The average molecular weight is 487 g/mol. The molecule has 0 bridgehead atoms. The number of hydrogen-bond donors (Lipinski definition) is 1. The number of ether oxygens (including phenoxy) is 1. The van der Waals surface area contributed by atoms with E-state index in [1.165, 1.54) is 12.4 Å². The smallest absolute Gasteiger partial charge is 0.433 e. The summed E-state index contributed by atoms with van der Waals surface area (Å²) in [5.41, 5.74) is -0.672. The lowest BCUT2D eigenvalue weighted by atomic mass is 9.78. The number of pyridine rings is 2. The van der Waals surface area contributed by atoms with Gasteiger partial charge < -0.3 is 15.0 Å². The van der Waals surface area contributed by atoms with E-state index in [0.29, 0.717) is 36.5 Å². The first-order valence-corrected chi connectivity index (χ1v) is 11.1. The third kappa shape index (κ3) is 4.40. The highest BCUT2D eigenvalue weighted by Crippen LogP contribution is 2.42. The van der Waals surface area contributed by atoms with Crippen molar-refractivity contribution in [2.45, 2.75) is 44.5 Å². The molecule has 2 saturated heterocycles. The first-order chi connectivity index (χ1) is 16.4. The molecule has 2 aliphatic rings. The molecule has 184 valence electrons. The number of rotatable bonds is 3. The number of anilines is 3. The van der Waals surface area contributed by atoms with Crippen molar-refractivity contribution in [1.29, 1.82) is 0 Å². The predicted molar refractivity (Wildman–Crippen MR) is 122 cm³/mol. The van der Waals surface area contributed by atoms with E-state index in [1.54, 1.807) is 11.0 Å². The van der Waals surface area contributed by atoms with Crippen molar-refractivity contribution in [3.8, 4) is 0 Å². The van der Waals surface area contributed by atoms with Crippen LogP contribution in [0.15, 0.2) is 36.8 Å². The number of nitrogens with one attached hydrogen (secondary N) is 1. The van der Waals surface area contributed by atoms with Crippen LogP contribution in [0, 0.1) is 0 Å². The fourth-order valence-corrected chi connectivity index (χ4v) is 4.29. The van der Waals surface area contributed by atoms with E-state index in [9.17, 15) is 18.0 Å². The number of amides is 1. The zero-order valence-electron chi connectivity index (χ0n) is 19.4. The van der Waals surface area contributed by atoms with E-state index in [-0.39, 0.29) is 23.1 Å². The second-order valence-corrected chi connectivity index (χ2v) is 9.77. The summed E-state index contributed by atoms with van der Waals surface area (Å²) in [5, 5.41) is 2.90. The second kappa shape index (κ2) is 7.92. The van der Waals surface area contributed by atoms with Crippen LogP contribution in [-0.2, 0) is 10.9 Å². The summed E-state index contributed by atoms with van der Waals surface area (Å²) in [4.78, 5) is 32.8. The van der Waals surface area contributed by atoms with Crippen LogP contribution in [0.3, 0.4) is 0 Å². The van der Waals surface area contributed by atoms with Crippen LogP contribution >= 0.6 is 0 Å². The molecule has 35 heavy (non-hydrogen) atoms. The van der Waals surface area contributed by atoms with Gasteiger partial charge in [-0.15, -0.1) is 0 Å². The van der Waals surface area contributed by atoms with Crippen LogP contribution in [0.5, 0.6) is 0 Å². The SMILES string of the molecule is CC(C)(C)OC(=O)N1CCC12CN(c1ccc3ncnc(Nc4ccnc(C(F)(F)F)c4)c3n1)C2. The molecular weight excluding hydrogens is 463 g/mol. The minimum Gasteiger partial charge on any atom is -0.444 e. The van der Waals surface area contributed by atoms with E-state index in [0.717, 1.165) is 18.7 Å². The lowest BCUT2D eigenvalue weighted by Gasteiger charge is -2.62. The minimum absolute atomic E-state index is 0.185. The van der Waals surface area contributed by atoms with Gasteiger partial charge in [0.1, 0.15) is 29.0 Å². The van der Waals surface area contributed by atoms with E-state index in [4.69, 9.17) is 4.74 Å². The van der Waals surface area contributed by atoms with Crippen molar-refractivity contribution in [2.24, 2.45) is 0 Å². The molecule has 5 rings (SSSR count). The molecule has 0 saturated carbocycles. The maximum Gasteiger partial charge on any atom is 0.433 e. The third-order valence-electron chi connectivity index (χ3n) is 6.06. The number of halogens is 3. The number of alkyl halides is 3. The molecule has 0 aliphatic carbocycles. The minimum atomic E-state index is -4.56. The largest absolute Gasteiger partial charge is 0.444 e. The van der Waals surface area contributed by atoms with Gasteiger partial charge in [-0.1, -0.05) is 0 Å². The first-order valence-electron chi connectivity index (χ1n) is 11.1. The Balaban J connectivity index is 1.35. The van der Waals surface area contributed by atoms with Crippen LogP contribution < -0.4 is 10.2 Å². The predicted octanol–water partition coefficient (Wildman–Crippen LogP) is 4.38. The van der Waals surface area contributed by atoms with Crippen molar-refractivity contribution in [2.75, 3.05) is 29.9 Å². The Labute approximate surface area is 199 Å². The molecule has 2 fully saturated rings. The Morgan fingerprint density at radius 2 is 1.89 bits per heavy atom. The summed E-state index contributed by atoms with van der Waals surface area (Å²) in [7, 11) is 0. The van der Waals surface area contributed by atoms with Gasteiger partial charge in [0.05, 0.1) is 11.1 Å². The molecule has 2 aliphatic heterocycles. The van der Waals surface area contributed by atoms with Gasteiger partial charge in [0.2, 0.25) is 0 Å². The Bertz CT molecular complexity index is 1290. The monoisotopic (exact) mass is 487 g/mol. The van der Waals surface area contributed by atoms with Crippen LogP contribution in [0.25, 0.3) is 11.0 Å². The van der Waals surface area contributed by atoms with Gasteiger partial charge in [-0.2, -0.15) is 13.2 Å². The zero-order valence-corrected chi connectivity index (χ0v) is 19.4. The highest BCUT2D eigenvalue weighted by atomic mass is 19.4. The Hall–Kier alpha value is -3.70. The number of carbonyl (C=O) groups is 1. The standard InChI is InChI=1S/C23H24F3N7O2/c1-21(2,3)35-20(34)33-9-7-22(33)11-32(12-22)17-5-4-15-18(31-17)19(29-13-28-15)30-14-6-8-27-16(10-14)23(24,25)26/h4-6,8,10,13H,7,9,11-12H2,1-3H3,(H,27,28,29,30). The highest BCUT2D eigenvalue weighted by Gasteiger charge is 2.56. The number of carbonyl (C=O) groups excluding carboxylic acids is 1. The zero-order chi connectivity index (χ0) is 25.0. The molecule has 5 heterocycles. The van der Waals surface area contributed by atoms with Gasteiger partial charge in [-0.05, 0) is 51.5 Å². The number of hydrogen-bond acceptors (Lipinski definition) is 8. The molecule has 1 spiro atoms. The quantitative estimate of drug-likeness (QED) is 0.582. The van der Waals surface area contributed by atoms with Crippen LogP contribution in [0.4, 0.5) is 35.3 Å². The second-order valence-electron chi connectivity index (χ2n) is 9.77. The molecule has 1 amide bonds. The summed E-state index contributed by atoms with van der Waals surface area (Å²) >= 11 is 0. The molecule has 0 aromatic carbocycles. The van der Waals surface area contributed by atoms with Crippen molar-refractivity contribution >= 4 is 34.4 Å². The first kappa shape index (κ1) is 23.1. The maximum absolute atomic E-state index is 13.0. The van der Waals surface area contributed by atoms with E-state index in [1.807, 2.05) is 31.7 Å². The number of nitrogens with zero attached hydrogens (tertiary/aromatic N) is 6. The number of aromatic nitrogens is 4. The summed E-state index contributed by atoms with van der Waals surface area (Å²) in [5.74, 6) is 0.952. The highest BCUT2D eigenvalue weighted by molar-refractivity contribution is 5.88. The van der Waals surface area contributed by atoms with Crippen molar-refractivity contribution < 1.29 is 22.7 Å². The molecule has 0 unspecified atom stereocenters. The lowest BCUT2D eigenvalue weighted by molar-refractivity contribution is -0.141. The molecular formula is C23H24F3N7O2. The normalized spacial score (nSPS) is 17.2. The van der Waals surface area contributed by atoms with Crippen molar-refractivity contribution in [1.82, 2.24) is 24.8 Å². The van der Waals surface area contributed by atoms with Crippen LogP contribution in [0.1, 0.15) is 32.9 Å². The van der Waals surface area contributed by atoms with Crippen LogP contribution in [0.2, 0.25) is 0 Å². The van der Waals surface area contributed by atoms with Gasteiger partial charge in [-0.25, -0.2) is 19.7 Å². The fourth-order valence-electron chi connectivity index (χ4n) is 4.29. The van der Waals surface area contributed by atoms with Gasteiger partial charge in [-0.3, -0.25) is 9.88 Å². The van der Waals surface area contributed by atoms with E-state index < -0.39 is 17.5 Å². The van der Waals surface area contributed by atoms with Gasteiger partial charge >= 0.3 is 12.3 Å². The van der Waals surface area contributed by atoms with Crippen LogP contribution in [-0.4, -0.2) is 61.7 Å². The summed E-state index contributed by atoms with van der Waals surface area (Å²) in [6.07, 6.45) is -1.58. The lowest BCUT2D eigenvalue weighted by Crippen LogP contribution is -2.78. The molecule has 9 nitrogen and oxygen atoms in total. The van der Waals surface area contributed by atoms with Gasteiger partial charge in [0, 0.05) is 31.5 Å². The Kier molecular flexibility index (Phi) is 5.22. The fraction of sp³-hybridized carbons (Fsp3) is 0.435. The van der Waals surface area contributed by atoms with E-state index >= 15 is 0 Å². The third-order valence-corrected chi connectivity index (χ3v) is 6.06. The topological polar surface area (TPSA) is 96.4 Å². The average Bonchev–Trinajstić information content (AvgIpc) is 2.71. The number of likely N-dealkylation sites (tertiary alicyclic amines) is 1. The summed E-state index contributed by atoms with van der Waals surface area (Å²) in [6, 6.07) is 5.96. The Morgan fingerprint density at radius 3 is 2.54 bits per heavy atom. The molecule has 12 heteroatoms. The van der Waals surface area contributed by atoms with Gasteiger partial charge in [0.15, 0.2) is 5.82 Å². The molecule has 0 radical (unpaired) electrons. The number of fused-ring (bicyclic) bond motifs is 1. The van der Waals surface area contributed by atoms with Crippen molar-refractivity contribution in [3.05, 3.63) is 42.5 Å². The summed E-state index contributed by atoms with van der Waals surface area (Å²) < 4.78 is 44.6.